The van der Waals surface area contributed by atoms with Gasteiger partial charge in [-0.25, -0.2) is 18.6 Å². The highest BCUT2D eigenvalue weighted by Crippen LogP contribution is 2.26. The molecule has 0 amide bonds. The van der Waals surface area contributed by atoms with E-state index in [4.69, 9.17) is 5.73 Å². The Hall–Kier alpha value is -2.95. The molecule has 11 heteroatoms. The number of nitrogens with zero attached hydrogens (tertiary/aromatic N) is 3. The minimum absolute atomic E-state index is 0.202. The molecule has 0 bridgehead atoms. The fourth-order valence-corrected chi connectivity index (χ4v) is 3.43. The van der Waals surface area contributed by atoms with E-state index in [2.05, 4.69) is 9.97 Å². The molecule has 0 saturated carbocycles. The average Bonchev–Trinajstić information content (AvgIpc) is 2.99. The van der Waals surface area contributed by atoms with E-state index in [1.54, 1.807) is 0 Å². The lowest BCUT2D eigenvalue weighted by Crippen LogP contribution is -2.42. The molecular weight excluding hydrogens is 380 g/mol. The van der Waals surface area contributed by atoms with Crippen LogP contribution in [0.15, 0.2) is 26.9 Å². The van der Waals surface area contributed by atoms with Crippen LogP contribution < -0.4 is 17.0 Å². The first-order valence-corrected chi connectivity index (χ1v) is 8.61. The fourth-order valence-electron chi connectivity index (χ4n) is 2.55. The van der Waals surface area contributed by atoms with Crippen LogP contribution in [0.3, 0.4) is 0 Å². The minimum atomic E-state index is -1.03. The highest BCUT2D eigenvalue weighted by atomic mass is 32.2. The molecule has 0 fully saturated rings. The summed E-state index contributed by atoms with van der Waals surface area (Å²) < 4.78 is 28.4. The number of H-pyrrole nitrogens is 1. The fraction of sp³-hybridized carbons (Fsp3) is 0.250. The first-order valence-electron chi connectivity index (χ1n) is 7.73. The number of hydrogen-bond donors (Lipinski definition) is 2. The molecule has 3 aromatic rings. The second-order valence-electron chi connectivity index (χ2n) is 5.92. The summed E-state index contributed by atoms with van der Waals surface area (Å²) >= 11 is 0.965. The molecule has 1 atom stereocenters. The standard InChI is InChI=1S/C16H15F2N5O3S/c1-6(12(24)11-13(19)22(2)16(26)23(3)14(11)25)27-15-20-9-4-7(17)8(18)5-10(9)21-15/h4-6H,19H2,1-3H3,(H,20,21). The summed E-state index contributed by atoms with van der Waals surface area (Å²) in [6, 6.07) is 1.91. The summed E-state index contributed by atoms with van der Waals surface area (Å²) in [7, 11) is 2.61. The van der Waals surface area contributed by atoms with Crippen LogP contribution in [0.25, 0.3) is 11.0 Å². The van der Waals surface area contributed by atoms with Crippen LogP contribution in [0.5, 0.6) is 0 Å². The molecule has 0 radical (unpaired) electrons. The van der Waals surface area contributed by atoms with E-state index in [9.17, 15) is 23.2 Å². The largest absolute Gasteiger partial charge is 0.384 e. The third-order valence-electron chi connectivity index (χ3n) is 4.12. The van der Waals surface area contributed by atoms with Crippen LogP contribution in [-0.4, -0.2) is 30.1 Å². The zero-order valence-corrected chi connectivity index (χ0v) is 15.4. The van der Waals surface area contributed by atoms with Crippen molar-refractivity contribution < 1.29 is 13.6 Å². The Morgan fingerprint density at radius 2 is 1.85 bits per heavy atom. The molecule has 2 aromatic heterocycles. The van der Waals surface area contributed by atoms with Gasteiger partial charge < -0.3 is 10.7 Å². The lowest BCUT2D eigenvalue weighted by Gasteiger charge is -2.13. The van der Waals surface area contributed by atoms with E-state index in [1.807, 2.05) is 0 Å². The predicted molar refractivity (Wildman–Crippen MR) is 97.0 cm³/mol. The zero-order chi connectivity index (χ0) is 20.0. The number of halogens is 2. The third kappa shape index (κ3) is 3.14. The van der Waals surface area contributed by atoms with E-state index < -0.39 is 33.9 Å². The van der Waals surface area contributed by atoms with Gasteiger partial charge in [0.15, 0.2) is 22.6 Å². The maximum Gasteiger partial charge on any atom is 0.332 e. The number of anilines is 1. The van der Waals surface area contributed by atoms with E-state index >= 15 is 0 Å². The number of fused-ring (bicyclic) bond motifs is 1. The number of carbonyl (C=O) groups is 1. The second kappa shape index (κ2) is 6.65. The van der Waals surface area contributed by atoms with Crippen molar-refractivity contribution in [3.05, 3.63) is 50.2 Å². The van der Waals surface area contributed by atoms with Crippen LogP contribution in [0.2, 0.25) is 0 Å². The molecule has 1 unspecified atom stereocenters. The number of benzene rings is 1. The number of imidazole rings is 1. The minimum Gasteiger partial charge on any atom is -0.384 e. The molecule has 2 heterocycles. The lowest BCUT2D eigenvalue weighted by atomic mass is 10.1. The number of ketones is 1. The number of nitrogen functional groups attached to an aromatic ring is 1. The van der Waals surface area contributed by atoms with Gasteiger partial charge in [0.2, 0.25) is 0 Å². The predicted octanol–water partition coefficient (Wildman–Crippen LogP) is 1.18. The van der Waals surface area contributed by atoms with Gasteiger partial charge >= 0.3 is 5.69 Å². The van der Waals surface area contributed by atoms with E-state index in [1.165, 1.54) is 21.0 Å². The first-order chi connectivity index (χ1) is 12.6. The zero-order valence-electron chi connectivity index (χ0n) is 14.5. The van der Waals surface area contributed by atoms with Crippen LogP contribution in [-0.2, 0) is 14.1 Å². The number of Topliss-reactive ketones (excluding diaryl/α,β-unsaturated/α-hetero) is 1. The number of hydrogen-bond acceptors (Lipinski definition) is 6. The van der Waals surface area contributed by atoms with E-state index in [-0.39, 0.29) is 27.6 Å². The van der Waals surface area contributed by atoms with Crippen molar-refractivity contribution in [3.63, 3.8) is 0 Å². The van der Waals surface area contributed by atoms with Gasteiger partial charge in [-0.1, -0.05) is 11.8 Å². The smallest absolute Gasteiger partial charge is 0.332 e. The molecule has 27 heavy (non-hydrogen) atoms. The number of carbonyl (C=O) groups excluding carboxylic acids is 1. The van der Waals surface area contributed by atoms with Gasteiger partial charge in [0, 0.05) is 26.2 Å². The van der Waals surface area contributed by atoms with Crippen molar-refractivity contribution in [2.75, 3.05) is 5.73 Å². The van der Waals surface area contributed by atoms with Gasteiger partial charge in [-0.2, -0.15) is 0 Å². The number of rotatable bonds is 4. The lowest BCUT2D eigenvalue weighted by molar-refractivity contribution is 0.0992. The molecule has 0 saturated heterocycles. The Kier molecular flexibility index (Phi) is 4.64. The van der Waals surface area contributed by atoms with Crippen molar-refractivity contribution in [2.24, 2.45) is 14.1 Å². The summed E-state index contributed by atoms with van der Waals surface area (Å²) in [5, 5.41) is -0.552. The van der Waals surface area contributed by atoms with Gasteiger partial charge in [0.05, 0.1) is 16.3 Å². The summed E-state index contributed by atoms with van der Waals surface area (Å²) in [4.78, 5) is 43.8. The van der Waals surface area contributed by atoms with Crippen molar-refractivity contribution in [3.8, 4) is 0 Å². The summed E-state index contributed by atoms with van der Waals surface area (Å²) in [6.45, 7) is 1.53. The van der Waals surface area contributed by atoms with Crippen molar-refractivity contribution in [2.45, 2.75) is 17.3 Å². The summed E-state index contributed by atoms with van der Waals surface area (Å²) in [6.07, 6.45) is 0. The maximum absolute atomic E-state index is 13.3. The van der Waals surface area contributed by atoms with Crippen molar-refractivity contribution >= 4 is 34.4 Å². The average molecular weight is 395 g/mol. The second-order valence-corrected chi connectivity index (χ2v) is 7.25. The molecule has 0 spiro atoms. The van der Waals surface area contributed by atoms with Gasteiger partial charge in [-0.15, -0.1) is 0 Å². The number of nitrogens with two attached hydrogens (primary N) is 1. The molecule has 0 aliphatic carbocycles. The van der Waals surface area contributed by atoms with Gasteiger partial charge in [0.1, 0.15) is 11.4 Å². The highest BCUT2D eigenvalue weighted by molar-refractivity contribution is 8.00. The quantitative estimate of drug-likeness (QED) is 0.506. The monoisotopic (exact) mass is 395 g/mol. The SMILES string of the molecule is CC(Sc1nc2cc(F)c(F)cc2[nH]1)C(=O)c1c(N)n(C)c(=O)n(C)c1=O. The van der Waals surface area contributed by atoms with E-state index in [0.29, 0.717) is 0 Å². The molecule has 8 nitrogen and oxygen atoms in total. The Labute approximate surface area is 155 Å². The molecule has 0 aliphatic heterocycles. The Morgan fingerprint density at radius 1 is 1.22 bits per heavy atom. The van der Waals surface area contributed by atoms with Crippen LogP contribution in [0.1, 0.15) is 17.3 Å². The van der Waals surface area contributed by atoms with Crippen LogP contribution in [0, 0.1) is 11.6 Å². The number of aromatic nitrogens is 4. The normalized spacial score (nSPS) is 12.5. The molecule has 142 valence electrons. The first kappa shape index (κ1) is 18.8. The van der Waals surface area contributed by atoms with Crippen LogP contribution in [0.4, 0.5) is 14.6 Å². The Bertz CT molecular complexity index is 1160. The summed E-state index contributed by atoms with van der Waals surface area (Å²) in [5.74, 6) is -2.87. The number of aromatic amines is 1. The van der Waals surface area contributed by atoms with Gasteiger partial charge in [-0.05, 0) is 6.92 Å². The Balaban J connectivity index is 1.96. The van der Waals surface area contributed by atoms with Gasteiger partial charge in [0.25, 0.3) is 5.56 Å². The topological polar surface area (TPSA) is 116 Å². The summed E-state index contributed by atoms with van der Waals surface area (Å²) in [5.41, 5.74) is 4.54. The Morgan fingerprint density at radius 3 is 2.52 bits per heavy atom. The van der Waals surface area contributed by atoms with Crippen molar-refractivity contribution in [1.82, 2.24) is 19.1 Å². The molecule has 3 N–H and O–H groups in total. The maximum atomic E-state index is 13.3. The van der Waals surface area contributed by atoms with Crippen molar-refractivity contribution in [1.29, 1.82) is 0 Å². The molecule has 0 aliphatic rings. The molecule has 3 rings (SSSR count). The number of nitrogens with one attached hydrogen (secondary N) is 1. The molecular formula is C16H15F2N5O3S. The number of thioether (sulfide) groups is 1. The highest BCUT2D eigenvalue weighted by Gasteiger charge is 2.26. The van der Waals surface area contributed by atoms with Gasteiger partial charge in [-0.3, -0.25) is 18.7 Å². The third-order valence-corrected chi connectivity index (χ3v) is 5.10. The molecule has 1 aromatic carbocycles. The van der Waals surface area contributed by atoms with Crippen LogP contribution >= 0.6 is 11.8 Å². The van der Waals surface area contributed by atoms with E-state index in [0.717, 1.165) is 33.0 Å².